The molecular formula is C17H21ClFNO3. The Kier molecular flexibility index (Phi) is 5.19. The lowest BCUT2D eigenvalue weighted by molar-refractivity contribution is -0.143. The molecule has 126 valence electrons. The van der Waals surface area contributed by atoms with Gasteiger partial charge in [0.2, 0.25) is 5.91 Å². The highest BCUT2D eigenvalue weighted by Crippen LogP contribution is 2.34. The topological polar surface area (TPSA) is 47.6 Å². The maximum absolute atomic E-state index is 13.1. The van der Waals surface area contributed by atoms with Crippen molar-refractivity contribution in [2.24, 2.45) is 0 Å². The van der Waals surface area contributed by atoms with Gasteiger partial charge in [-0.25, -0.2) is 4.39 Å². The van der Waals surface area contributed by atoms with Crippen molar-refractivity contribution in [2.75, 3.05) is 19.8 Å². The van der Waals surface area contributed by atoms with Gasteiger partial charge in [-0.2, -0.15) is 0 Å². The Labute approximate surface area is 140 Å². The number of rotatable bonds is 3. The average Bonchev–Trinajstić information content (AvgIpc) is 2.51. The number of hydrogen-bond donors (Lipinski definition) is 1. The van der Waals surface area contributed by atoms with Crippen molar-refractivity contribution in [3.8, 4) is 0 Å². The first-order valence-electron chi connectivity index (χ1n) is 8.01. The lowest BCUT2D eigenvalue weighted by Gasteiger charge is -2.43. The van der Waals surface area contributed by atoms with Crippen LogP contribution in [-0.2, 0) is 20.7 Å². The molecule has 2 heterocycles. The van der Waals surface area contributed by atoms with Crippen molar-refractivity contribution >= 4 is 17.5 Å². The summed E-state index contributed by atoms with van der Waals surface area (Å²) in [5.41, 5.74) is 0.487. The Hall–Kier alpha value is -1.17. The number of hydrogen-bond acceptors (Lipinski definition) is 3. The van der Waals surface area contributed by atoms with E-state index in [0.29, 0.717) is 25.4 Å². The van der Waals surface area contributed by atoms with Gasteiger partial charge in [-0.05, 0) is 43.4 Å². The maximum atomic E-state index is 13.1. The van der Waals surface area contributed by atoms with E-state index >= 15 is 0 Å². The van der Waals surface area contributed by atoms with Crippen LogP contribution in [-0.4, -0.2) is 37.4 Å². The molecule has 2 saturated heterocycles. The summed E-state index contributed by atoms with van der Waals surface area (Å²) in [6, 6.07) is 4.21. The van der Waals surface area contributed by atoms with Crippen molar-refractivity contribution in [2.45, 2.75) is 43.7 Å². The van der Waals surface area contributed by atoms with E-state index in [0.717, 1.165) is 25.7 Å². The van der Waals surface area contributed by atoms with Gasteiger partial charge in [0.05, 0.1) is 12.0 Å². The summed E-state index contributed by atoms with van der Waals surface area (Å²) in [5, 5.41) is 3.35. The Morgan fingerprint density at radius 1 is 1.35 bits per heavy atom. The Balaban J connectivity index is 1.57. The van der Waals surface area contributed by atoms with Crippen molar-refractivity contribution in [3.05, 3.63) is 34.6 Å². The van der Waals surface area contributed by atoms with Crippen LogP contribution in [0.5, 0.6) is 0 Å². The lowest BCUT2D eigenvalue weighted by Crippen LogP contribution is -2.51. The standard InChI is InChI=1S/C17H21ClFNO3/c18-15-10-13(19)2-1-12(15)9-16(21)20-14-3-6-23-17(11-14)4-7-22-8-5-17/h1-2,10,14H,3-9,11H2,(H,20,21). The molecule has 1 spiro atoms. The number of ether oxygens (including phenoxy) is 2. The molecule has 2 aliphatic heterocycles. The zero-order valence-electron chi connectivity index (χ0n) is 12.9. The van der Waals surface area contributed by atoms with Crippen LogP contribution in [0.3, 0.4) is 0 Å². The van der Waals surface area contributed by atoms with Crippen LogP contribution in [0.1, 0.15) is 31.2 Å². The summed E-state index contributed by atoms with van der Waals surface area (Å²) < 4.78 is 24.4. The number of nitrogens with one attached hydrogen (secondary N) is 1. The molecule has 6 heteroatoms. The average molecular weight is 342 g/mol. The third-order valence-electron chi connectivity index (χ3n) is 4.63. The highest BCUT2D eigenvalue weighted by molar-refractivity contribution is 6.31. The third kappa shape index (κ3) is 4.22. The minimum atomic E-state index is -0.398. The molecule has 0 aliphatic carbocycles. The van der Waals surface area contributed by atoms with Gasteiger partial charge in [-0.15, -0.1) is 0 Å². The van der Waals surface area contributed by atoms with Crippen LogP contribution in [0.25, 0.3) is 0 Å². The van der Waals surface area contributed by atoms with Crippen molar-refractivity contribution in [1.29, 1.82) is 0 Å². The second kappa shape index (κ2) is 7.16. The zero-order chi connectivity index (χ0) is 16.3. The summed E-state index contributed by atoms with van der Waals surface area (Å²) in [5.74, 6) is -0.488. The number of carbonyl (C=O) groups excluding carboxylic acids is 1. The van der Waals surface area contributed by atoms with Gasteiger partial charge in [-0.3, -0.25) is 4.79 Å². The number of halogens is 2. The molecule has 23 heavy (non-hydrogen) atoms. The molecular weight excluding hydrogens is 321 g/mol. The van der Waals surface area contributed by atoms with Crippen molar-refractivity contribution in [3.63, 3.8) is 0 Å². The first kappa shape index (κ1) is 16.7. The minimum absolute atomic E-state index is 0.0902. The molecule has 0 bridgehead atoms. The molecule has 0 radical (unpaired) electrons. The minimum Gasteiger partial charge on any atom is -0.381 e. The van der Waals surface area contributed by atoms with Crippen LogP contribution in [0.2, 0.25) is 5.02 Å². The SMILES string of the molecule is O=C(Cc1ccc(F)cc1Cl)NC1CCOC2(CCOCC2)C1. The fourth-order valence-corrected chi connectivity index (χ4v) is 3.59. The van der Waals surface area contributed by atoms with Crippen LogP contribution in [0.4, 0.5) is 4.39 Å². The predicted molar refractivity (Wildman–Crippen MR) is 85.0 cm³/mol. The van der Waals surface area contributed by atoms with E-state index in [1.807, 2.05) is 0 Å². The molecule has 1 aromatic rings. The third-order valence-corrected chi connectivity index (χ3v) is 4.98. The first-order valence-corrected chi connectivity index (χ1v) is 8.39. The molecule has 1 amide bonds. The highest BCUT2D eigenvalue weighted by atomic mass is 35.5. The summed E-state index contributed by atoms with van der Waals surface area (Å²) in [6.45, 7) is 2.08. The molecule has 4 nitrogen and oxygen atoms in total. The summed E-state index contributed by atoms with van der Waals surface area (Å²) in [6.07, 6.45) is 3.55. The Bertz CT molecular complexity index is 569. The molecule has 1 N–H and O–H groups in total. The van der Waals surface area contributed by atoms with Gasteiger partial charge in [0.1, 0.15) is 5.82 Å². The van der Waals surface area contributed by atoms with E-state index in [1.165, 1.54) is 12.1 Å². The van der Waals surface area contributed by atoms with E-state index in [4.69, 9.17) is 21.1 Å². The van der Waals surface area contributed by atoms with Gasteiger partial charge in [-0.1, -0.05) is 17.7 Å². The first-order chi connectivity index (χ1) is 11.1. The van der Waals surface area contributed by atoms with Gasteiger partial charge in [0.15, 0.2) is 0 Å². The van der Waals surface area contributed by atoms with Crippen molar-refractivity contribution in [1.82, 2.24) is 5.32 Å². The van der Waals surface area contributed by atoms with E-state index in [2.05, 4.69) is 5.32 Å². The second-order valence-corrected chi connectivity index (χ2v) is 6.72. The molecule has 1 aromatic carbocycles. The van der Waals surface area contributed by atoms with Crippen LogP contribution < -0.4 is 5.32 Å². The van der Waals surface area contributed by atoms with Crippen LogP contribution in [0.15, 0.2) is 18.2 Å². The van der Waals surface area contributed by atoms with E-state index in [9.17, 15) is 9.18 Å². The summed E-state index contributed by atoms with van der Waals surface area (Å²) in [4.78, 5) is 12.3. The number of amides is 1. The Morgan fingerprint density at radius 3 is 2.87 bits per heavy atom. The van der Waals surface area contributed by atoms with Gasteiger partial charge >= 0.3 is 0 Å². The predicted octanol–water partition coefficient (Wildman–Crippen LogP) is 2.87. The monoisotopic (exact) mass is 341 g/mol. The van der Waals surface area contributed by atoms with Crippen LogP contribution in [0, 0.1) is 5.82 Å². The van der Waals surface area contributed by atoms with E-state index < -0.39 is 5.82 Å². The second-order valence-electron chi connectivity index (χ2n) is 6.31. The van der Waals surface area contributed by atoms with E-state index in [-0.39, 0.29) is 29.0 Å². The van der Waals surface area contributed by atoms with Crippen LogP contribution >= 0.6 is 11.6 Å². The lowest BCUT2D eigenvalue weighted by atomic mass is 9.84. The van der Waals surface area contributed by atoms with E-state index in [1.54, 1.807) is 6.07 Å². The number of benzene rings is 1. The van der Waals surface area contributed by atoms with Gasteiger partial charge in [0, 0.05) is 30.9 Å². The quantitative estimate of drug-likeness (QED) is 0.919. The van der Waals surface area contributed by atoms with Gasteiger partial charge < -0.3 is 14.8 Å². The molecule has 1 unspecified atom stereocenters. The molecule has 1 atom stereocenters. The Morgan fingerprint density at radius 2 is 2.13 bits per heavy atom. The summed E-state index contributed by atoms with van der Waals surface area (Å²) in [7, 11) is 0. The fourth-order valence-electron chi connectivity index (χ4n) is 3.36. The largest absolute Gasteiger partial charge is 0.381 e. The molecule has 3 rings (SSSR count). The maximum Gasteiger partial charge on any atom is 0.224 e. The normalized spacial score (nSPS) is 23.7. The number of carbonyl (C=O) groups is 1. The molecule has 0 aromatic heterocycles. The molecule has 2 fully saturated rings. The van der Waals surface area contributed by atoms with Crippen molar-refractivity contribution < 1.29 is 18.7 Å². The molecule has 0 saturated carbocycles. The zero-order valence-corrected chi connectivity index (χ0v) is 13.7. The summed E-state index contributed by atoms with van der Waals surface area (Å²) >= 11 is 5.98. The highest BCUT2D eigenvalue weighted by Gasteiger charge is 2.39. The molecule has 2 aliphatic rings. The fraction of sp³-hybridized carbons (Fsp3) is 0.588. The smallest absolute Gasteiger partial charge is 0.224 e. The van der Waals surface area contributed by atoms with Gasteiger partial charge in [0.25, 0.3) is 0 Å².